The van der Waals surface area contributed by atoms with E-state index < -0.39 is 0 Å². The third-order valence-electron chi connectivity index (χ3n) is 3.58. The van der Waals surface area contributed by atoms with E-state index in [0.717, 1.165) is 32.5 Å². The fraction of sp³-hybridized carbons (Fsp3) is 0.643. The Labute approximate surface area is 113 Å². The van der Waals surface area contributed by atoms with Crippen molar-refractivity contribution >= 4 is 11.6 Å². The topological polar surface area (TPSA) is 34.0 Å². The van der Waals surface area contributed by atoms with Crippen LogP contribution in [-0.4, -0.2) is 23.0 Å². The second-order valence-electron chi connectivity index (χ2n) is 5.07. The van der Waals surface area contributed by atoms with Crippen molar-refractivity contribution in [3.8, 4) is 0 Å². The lowest BCUT2D eigenvalue weighted by Gasteiger charge is -2.25. The van der Waals surface area contributed by atoms with Crippen molar-refractivity contribution < 1.29 is 0 Å². The lowest BCUT2D eigenvalue weighted by Crippen LogP contribution is -2.31. The Morgan fingerprint density at radius 3 is 3.06 bits per heavy atom. The Balaban J connectivity index is 1.67. The minimum atomic E-state index is 0.0674. The Bertz CT molecular complexity index is 418. The molecule has 0 aliphatic heterocycles. The Hall–Kier alpha value is -0.800. The van der Waals surface area contributed by atoms with Crippen molar-refractivity contribution in [2.45, 2.75) is 37.6 Å². The van der Waals surface area contributed by atoms with Gasteiger partial charge in [0.25, 0.3) is 5.56 Å². The summed E-state index contributed by atoms with van der Waals surface area (Å²) in [5, 5.41) is 3.80. The number of nitrogens with one attached hydrogen (secondary N) is 1. The molecule has 1 fully saturated rings. The molecule has 100 valence electrons. The zero-order valence-electron chi connectivity index (χ0n) is 10.6. The molecule has 0 radical (unpaired) electrons. The lowest BCUT2D eigenvalue weighted by molar-refractivity contribution is 0.344. The average molecular weight is 269 g/mol. The summed E-state index contributed by atoms with van der Waals surface area (Å²) in [4.78, 5) is 11.5. The first kappa shape index (κ1) is 13.6. The van der Waals surface area contributed by atoms with Gasteiger partial charge in [-0.3, -0.25) is 4.79 Å². The highest BCUT2D eigenvalue weighted by Crippen LogP contribution is 2.27. The lowest BCUT2D eigenvalue weighted by atomic mass is 9.89. The summed E-state index contributed by atoms with van der Waals surface area (Å²) in [7, 11) is 0. The molecule has 1 aromatic heterocycles. The molecule has 2 atom stereocenters. The minimum Gasteiger partial charge on any atom is -0.315 e. The van der Waals surface area contributed by atoms with Crippen molar-refractivity contribution in [1.29, 1.82) is 0 Å². The summed E-state index contributed by atoms with van der Waals surface area (Å²) in [5.41, 5.74) is 0.0674. The second kappa shape index (κ2) is 6.95. The number of hydrogen-bond donors (Lipinski definition) is 1. The first-order chi connectivity index (χ1) is 8.75. The van der Waals surface area contributed by atoms with Crippen LogP contribution in [0.25, 0.3) is 0 Å². The molecule has 1 heterocycles. The van der Waals surface area contributed by atoms with E-state index in [1.807, 2.05) is 12.3 Å². The maximum atomic E-state index is 11.5. The monoisotopic (exact) mass is 268 g/mol. The van der Waals surface area contributed by atoms with Crippen molar-refractivity contribution in [1.82, 2.24) is 9.88 Å². The van der Waals surface area contributed by atoms with Crippen LogP contribution < -0.4 is 10.9 Å². The van der Waals surface area contributed by atoms with Gasteiger partial charge in [-0.1, -0.05) is 12.5 Å². The molecule has 0 aromatic carbocycles. The highest BCUT2D eigenvalue weighted by atomic mass is 35.5. The van der Waals surface area contributed by atoms with Gasteiger partial charge in [0.15, 0.2) is 0 Å². The van der Waals surface area contributed by atoms with Gasteiger partial charge < -0.3 is 9.88 Å². The van der Waals surface area contributed by atoms with Crippen molar-refractivity contribution in [3.05, 3.63) is 34.7 Å². The Kier molecular flexibility index (Phi) is 5.26. The molecule has 0 saturated heterocycles. The third-order valence-corrected chi connectivity index (χ3v) is 3.98. The minimum absolute atomic E-state index is 0.0674. The maximum Gasteiger partial charge on any atom is 0.250 e. The van der Waals surface area contributed by atoms with E-state index >= 15 is 0 Å². The van der Waals surface area contributed by atoms with E-state index in [-0.39, 0.29) is 5.56 Å². The molecule has 0 spiro atoms. The van der Waals surface area contributed by atoms with Gasteiger partial charge in [0.1, 0.15) is 0 Å². The number of pyridine rings is 1. The highest BCUT2D eigenvalue weighted by Gasteiger charge is 2.19. The van der Waals surface area contributed by atoms with Crippen LogP contribution in [0.2, 0.25) is 0 Å². The molecule has 1 aliphatic rings. The summed E-state index contributed by atoms with van der Waals surface area (Å²) < 4.78 is 1.73. The van der Waals surface area contributed by atoms with E-state index in [0.29, 0.717) is 11.3 Å². The SMILES string of the molecule is O=c1ccccn1CCNCC1CCCC(Cl)C1. The summed E-state index contributed by atoms with van der Waals surface area (Å²) in [6.45, 7) is 2.59. The van der Waals surface area contributed by atoms with Crippen LogP contribution in [0, 0.1) is 5.92 Å². The smallest absolute Gasteiger partial charge is 0.250 e. The average Bonchev–Trinajstić information content (AvgIpc) is 2.37. The van der Waals surface area contributed by atoms with Crippen molar-refractivity contribution in [2.24, 2.45) is 5.92 Å². The van der Waals surface area contributed by atoms with E-state index in [1.165, 1.54) is 12.8 Å². The van der Waals surface area contributed by atoms with Crippen LogP contribution in [0.1, 0.15) is 25.7 Å². The molecule has 0 bridgehead atoms. The molecular weight excluding hydrogens is 248 g/mol. The molecular formula is C14H21ClN2O. The van der Waals surface area contributed by atoms with E-state index in [1.54, 1.807) is 16.7 Å². The molecule has 3 nitrogen and oxygen atoms in total. The van der Waals surface area contributed by atoms with Gasteiger partial charge in [0.05, 0.1) is 0 Å². The molecule has 1 aliphatic carbocycles. The van der Waals surface area contributed by atoms with Crippen LogP contribution in [0.5, 0.6) is 0 Å². The van der Waals surface area contributed by atoms with Gasteiger partial charge >= 0.3 is 0 Å². The van der Waals surface area contributed by atoms with Crippen molar-refractivity contribution in [3.63, 3.8) is 0 Å². The van der Waals surface area contributed by atoms with Crippen LogP contribution in [0.15, 0.2) is 29.2 Å². The van der Waals surface area contributed by atoms with Crippen LogP contribution in [0.3, 0.4) is 0 Å². The quantitative estimate of drug-likeness (QED) is 0.656. The van der Waals surface area contributed by atoms with Crippen LogP contribution >= 0.6 is 11.6 Å². The number of alkyl halides is 1. The fourth-order valence-corrected chi connectivity index (χ4v) is 2.97. The summed E-state index contributed by atoms with van der Waals surface area (Å²) in [6, 6.07) is 5.26. The zero-order chi connectivity index (χ0) is 12.8. The predicted molar refractivity (Wildman–Crippen MR) is 75.2 cm³/mol. The standard InChI is InChI=1S/C14H21ClN2O/c15-13-5-3-4-12(10-13)11-16-7-9-17-8-2-1-6-14(17)18/h1-2,6,8,12-13,16H,3-5,7,9-11H2. The first-order valence-electron chi connectivity index (χ1n) is 6.76. The number of hydrogen-bond acceptors (Lipinski definition) is 2. The summed E-state index contributed by atoms with van der Waals surface area (Å²) >= 11 is 6.17. The first-order valence-corrected chi connectivity index (χ1v) is 7.19. The van der Waals surface area contributed by atoms with Gasteiger partial charge in [-0.15, -0.1) is 11.6 Å². The Morgan fingerprint density at radius 1 is 1.39 bits per heavy atom. The number of nitrogens with zero attached hydrogens (tertiary/aromatic N) is 1. The molecule has 2 unspecified atom stereocenters. The molecule has 4 heteroatoms. The summed E-state index contributed by atoms with van der Waals surface area (Å²) in [5.74, 6) is 0.703. The van der Waals surface area contributed by atoms with Crippen molar-refractivity contribution in [2.75, 3.05) is 13.1 Å². The van der Waals surface area contributed by atoms with Gasteiger partial charge in [0.2, 0.25) is 0 Å². The number of rotatable bonds is 5. The number of halogens is 1. The van der Waals surface area contributed by atoms with E-state index in [2.05, 4.69) is 5.32 Å². The molecule has 2 rings (SSSR count). The van der Waals surface area contributed by atoms with Gasteiger partial charge in [0, 0.05) is 30.7 Å². The predicted octanol–water partition coefficient (Wildman–Crippen LogP) is 2.24. The van der Waals surface area contributed by atoms with Gasteiger partial charge in [-0.05, 0) is 37.8 Å². The van der Waals surface area contributed by atoms with E-state index in [9.17, 15) is 4.79 Å². The maximum absolute atomic E-state index is 11.5. The molecule has 1 aromatic rings. The molecule has 1 saturated carbocycles. The van der Waals surface area contributed by atoms with Gasteiger partial charge in [-0.25, -0.2) is 0 Å². The molecule has 18 heavy (non-hydrogen) atoms. The highest BCUT2D eigenvalue weighted by molar-refractivity contribution is 6.20. The number of aromatic nitrogens is 1. The van der Waals surface area contributed by atoms with Gasteiger partial charge in [-0.2, -0.15) is 0 Å². The zero-order valence-corrected chi connectivity index (χ0v) is 11.4. The normalized spacial score (nSPS) is 24.1. The third kappa shape index (κ3) is 4.14. The van der Waals surface area contributed by atoms with Crippen LogP contribution in [-0.2, 0) is 6.54 Å². The van der Waals surface area contributed by atoms with Crippen LogP contribution in [0.4, 0.5) is 0 Å². The fourth-order valence-electron chi connectivity index (χ4n) is 2.56. The Morgan fingerprint density at radius 2 is 2.28 bits per heavy atom. The molecule has 1 N–H and O–H groups in total. The summed E-state index contributed by atoms with van der Waals surface area (Å²) in [6.07, 6.45) is 6.65. The van der Waals surface area contributed by atoms with E-state index in [4.69, 9.17) is 11.6 Å². The molecule has 0 amide bonds. The second-order valence-corrected chi connectivity index (χ2v) is 5.68. The largest absolute Gasteiger partial charge is 0.315 e.